The third kappa shape index (κ3) is 5.91. The summed E-state index contributed by atoms with van der Waals surface area (Å²) in [5.74, 6) is 1.47. The second-order valence-corrected chi connectivity index (χ2v) is 19.1. The van der Waals surface area contributed by atoms with Crippen LogP contribution in [0.1, 0.15) is 68.0 Å². The molecule has 0 amide bonds. The molecule has 0 atom stereocenters. The van der Waals surface area contributed by atoms with Crippen LogP contribution in [-0.4, -0.2) is 18.7 Å². The van der Waals surface area contributed by atoms with Crippen LogP contribution in [0.25, 0.3) is 61.2 Å². The molecule has 1 aliphatic carbocycles. The molecule has 306 valence electrons. The number of fused-ring (bicyclic) bond motifs is 7. The van der Waals surface area contributed by atoms with Gasteiger partial charge < -0.3 is 0 Å². The number of benzene rings is 7. The standard InChI is InChI=1S/C57H46N4.Pt/c1-38(2)32-39-16-14-18-43(33-39)59-37-60(53-27-13-12-26-52(53)59)44-19-15-17-41(34-44)57(49-23-9-6-20-45(49)46-21-7-10-24-50(46)57)42-28-29-48-47-22-8-11-25-51(47)61(54(48)35-42)55-36-40(30-31-58-55)56(3,4)5;/h6-31,33,36,38H,32H2,1-5H3;/q-2;. The monoisotopic (exact) mass is 981 g/mol. The van der Waals surface area contributed by atoms with Crippen LogP contribution in [0.4, 0.5) is 0 Å². The van der Waals surface area contributed by atoms with Crippen molar-refractivity contribution in [3.63, 3.8) is 0 Å². The third-order valence-corrected chi connectivity index (χ3v) is 13.7. The number of rotatable bonds is 7. The zero-order valence-electron chi connectivity index (χ0n) is 35.6. The van der Waals surface area contributed by atoms with E-state index in [9.17, 15) is 0 Å². The van der Waals surface area contributed by atoms with Gasteiger partial charge in [-0.3, -0.25) is 0 Å². The third-order valence-electron chi connectivity index (χ3n) is 12.7. The molecule has 0 fully saturated rings. The first kappa shape index (κ1) is 38.6. The molecular formula is C57H46N4Pt-2. The molecule has 0 unspecified atom stereocenters. The van der Waals surface area contributed by atoms with Crippen molar-refractivity contribution in [2.45, 2.75) is 51.9 Å². The molecule has 0 spiro atoms. The molecule has 1 aliphatic rings. The zero-order valence-corrected chi connectivity index (χ0v) is 37.8. The van der Waals surface area contributed by atoms with E-state index < -0.39 is 5.41 Å². The van der Waals surface area contributed by atoms with E-state index in [0.717, 1.165) is 66.0 Å². The summed E-state index contributed by atoms with van der Waals surface area (Å²) in [6.07, 6.45) is 2.98. The fourth-order valence-corrected chi connectivity index (χ4v) is 11.1. The molecule has 10 aromatic rings. The van der Waals surface area contributed by atoms with Gasteiger partial charge in [-0.25, -0.2) is 0 Å². The van der Waals surface area contributed by atoms with E-state index in [4.69, 9.17) is 4.98 Å². The second-order valence-electron chi connectivity index (χ2n) is 18.1. The van der Waals surface area contributed by atoms with Gasteiger partial charge in [-0.1, -0.05) is 32.9 Å². The normalized spacial score (nSPS) is 13.4. The molecule has 3 aromatic heterocycles. The minimum atomic E-state index is -0.727. The summed E-state index contributed by atoms with van der Waals surface area (Å²) >= 11 is 2.51. The van der Waals surface area contributed by atoms with Gasteiger partial charge in [0.1, 0.15) is 0 Å². The van der Waals surface area contributed by atoms with E-state index in [1.165, 1.54) is 38.8 Å². The van der Waals surface area contributed by atoms with Gasteiger partial charge in [-0.05, 0) is 17.0 Å². The predicted octanol–water partition coefficient (Wildman–Crippen LogP) is 13.5. The summed E-state index contributed by atoms with van der Waals surface area (Å²) < 4.78 is 8.16. The van der Waals surface area contributed by atoms with Crippen LogP contribution < -0.4 is 0 Å². The summed E-state index contributed by atoms with van der Waals surface area (Å²) in [5.41, 5.74) is 15.4. The van der Waals surface area contributed by atoms with E-state index in [1.807, 2.05) is 6.20 Å². The number of nitrogens with zero attached hydrogens (tertiary/aromatic N) is 4. The van der Waals surface area contributed by atoms with E-state index in [1.54, 1.807) is 0 Å². The Hall–Kier alpha value is -6.35. The topological polar surface area (TPSA) is 27.7 Å². The van der Waals surface area contributed by atoms with Crippen LogP contribution in [0.15, 0.2) is 170 Å². The molecule has 0 bridgehead atoms. The second kappa shape index (κ2) is 14.6. The fraction of sp³-hybridized carbons (Fsp3) is 0.158. The Bertz CT molecular complexity index is 3400. The Morgan fingerprint density at radius 2 is 1.24 bits per heavy atom. The summed E-state index contributed by atoms with van der Waals surface area (Å²) in [6, 6.07) is 68.2. The minimum absolute atomic E-state index is 0.0343. The van der Waals surface area contributed by atoms with Crippen molar-refractivity contribution < 1.29 is 19.4 Å². The van der Waals surface area contributed by atoms with Crippen LogP contribution in [0, 0.1) is 21.9 Å². The van der Waals surface area contributed by atoms with Crippen molar-refractivity contribution in [2.75, 3.05) is 0 Å². The van der Waals surface area contributed by atoms with Gasteiger partial charge in [0.15, 0.2) is 0 Å². The maximum absolute atomic E-state index is 5.02. The molecule has 62 heavy (non-hydrogen) atoms. The van der Waals surface area contributed by atoms with Crippen LogP contribution in [-0.2, 0) is 36.6 Å². The van der Waals surface area contributed by atoms with Gasteiger partial charge in [-0.2, -0.15) is 0 Å². The Labute approximate surface area is 374 Å². The van der Waals surface area contributed by atoms with Crippen LogP contribution in [0.5, 0.6) is 0 Å². The SMILES string of the molecule is CC(C)Cc1cccc(-n2[c](=[Pt])n(-c3[c-]c(C4(c5[c-]c6c(cc5)c5ccccc5n6-c5cc(C(C)(C)C)ccn5)c5ccccc5-c5ccccc54)ccc3)c3ccccc32)c1. The predicted molar refractivity (Wildman–Crippen MR) is 250 cm³/mol. The fourth-order valence-electron chi connectivity index (χ4n) is 10.0. The van der Waals surface area contributed by atoms with Crippen LogP contribution >= 0.6 is 0 Å². The van der Waals surface area contributed by atoms with E-state index in [-0.39, 0.29) is 5.41 Å². The van der Waals surface area contributed by atoms with Crippen molar-refractivity contribution in [2.24, 2.45) is 5.92 Å². The average molecular weight is 982 g/mol. The van der Waals surface area contributed by atoms with Crippen molar-refractivity contribution in [3.8, 4) is 28.3 Å². The summed E-state index contributed by atoms with van der Waals surface area (Å²) in [7, 11) is 0. The molecular weight excluding hydrogens is 936 g/mol. The molecule has 3 heterocycles. The van der Waals surface area contributed by atoms with E-state index >= 15 is 0 Å². The summed E-state index contributed by atoms with van der Waals surface area (Å²) in [4.78, 5) is 5.02. The number of hydrogen-bond donors (Lipinski definition) is 0. The number of hydrogen-bond acceptors (Lipinski definition) is 1. The molecule has 0 radical (unpaired) electrons. The van der Waals surface area contributed by atoms with Crippen LogP contribution in [0.2, 0.25) is 0 Å². The number of para-hydroxylation sites is 3. The molecule has 5 heteroatoms. The van der Waals surface area contributed by atoms with Crippen molar-refractivity contribution in [1.82, 2.24) is 18.7 Å². The molecule has 0 aliphatic heterocycles. The first-order chi connectivity index (χ1) is 30.1. The Morgan fingerprint density at radius 3 is 1.97 bits per heavy atom. The van der Waals surface area contributed by atoms with Gasteiger partial charge >= 0.3 is 320 Å². The molecule has 7 aromatic carbocycles. The number of aromatic nitrogens is 4. The molecule has 0 saturated heterocycles. The van der Waals surface area contributed by atoms with Crippen molar-refractivity contribution in [1.29, 1.82) is 0 Å². The number of imidazole rings is 1. The first-order valence-electron chi connectivity index (χ1n) is 21.6. The van der Waals surface area contributed by atoms with Gasteiger partial charge in [0.05, 0.1) is 0 Å². The summed E-state index contributed by atoms with van der Waals surface area (Å²) in [6.45, 7) is 11.3. The van der Waals surface area contributed by atoms with Crippen LogP contribution in [0.3, 0.4) is 0 Å². The van der Waals surface area contributed by atoms with Gasteiger partial charge in [0, 0.05) is 6.20 Å². The van der Waals surface area contributed by atoms with Gasteiger partial charge in [-0.15, -0.1) is 0 Å². The molecule has 11 rings (SSSR count). The Balaban J connectivity index is 1.19. The molecule has 0 saturated carbocycles. The molecule has 0 N–H and O–H groups in total. The first-order valence-corrected chi connectivity index (χ1v) is 22.7. The zero-order chi connectivity index (χ0) is 42.3. The molecule has 4 nitrogen and oxygen atoms in total. The van der Waals surface area contributed by atoms with Gasteiger partial charge in [0.25, 0.3) is 0 Å². The van der Waals surface area contributed by atoms with Crippen molar-refractivity contribution in [3.05, 3.63) is 219 Å². The van der Waals surface area contributed by atoms with Crippen molar-refractivity contribution >= 4 is 32.8 Å². The maximum atomic E-state index is 5.02. The Kier molecular flexibility index (Phi) is 9.11. The Morgan fingerprint density at radius 1 is 0.597 bits per heavy atom. The van der Waals surface area contributed by atoms with E-state index in [2.05, 4.69) is 244 Å². The summed E-state index contributed by atoms with van der Waals surface area (Å²) in [5, 5.41) is 2.33. The average Bonchev–Trinajstić information content (AvgIpc) is 3.89. The quantitative estimate of drug-likeness (QED) is 0.146. The number of pyridine rings is 1. The van der Waals surface area contributed by atoms with E-state index in [0.29, 0.717) is 5.92 Å². The van der Waals surface area contributed by atoms with Gasteiger partial charge in [0.2, 0.25) is 0 Å².